The van der Waals surface area contributed by atoms with Gasteiger partial charge in [0.25, 0.3) is 0 Å². The van der Waals surface area contributed by atoms with Crippen LogP contribution in [0.3, 0.4) is 0 Å². The van der Waals surface area contributed by atoms with Crippen LogP contribution in [0.25, 0.3) is 0 Å². The van der Waals surface area contributed by atoms with Crippen molar-refractivity contribution in [2.45, 2.75) is 18.7 Å². The molecule has 0 saturated carbocycles. The highest BCUT2D eigenvalue weighted by Crippen LogP contribution is 2.28. The van der Waals surface area contributed by atoms with Crippen LogP contribution >= 0.6 is 35.0 Å². The molecule has 2 aromatic carbocycles. The maximum atomic E-state index is 12.1. The first kappa shape index (κ1) is 19.0. The molecule has 2 aromatic rings. The quantitative estimate of drug-likeness (QED) is 0.721. The summed E-state index contributed by atoms with van der Waals surface area (Å²) in [5.74, 6) is 1.65. The van der Waals surface area contributed by atoms with Crippen molar-refractivity contribution < 1.29 is 9.53 Å². The van der Waals surface area contributed by atoms with E-state index in [-0.39, 0.29) is 11.9 Å². The van der Waals surface area contributed by atoms with E-state index in [1.165, 1.54) is 11.8 Å². The molecule has 0 radical (unpaired) electrons. The largest absolute Gasteiger partial charge is 0.496 e. The van der Waals surface area contributed by atoms with Gasteiger partial charge < -0.3 is 10.1 Å². The fourth-order valence-electron chi connectivity index (χ4n) is 2.30. The highest BCUT2D eigenvalue weighted by Gasteiger charge is 2.14. The number of hydrogen-bond donors (Lipinski definition) is 1. The highest BCUT2D eigenvalue weighted by atomic mass is 35.5. The minimum absolute atomic E-state index is 0.0402. The minimum Gasteiger partial charge on any atom is -0.496 e. The molecule has 2 rings (SSSR count). The van der Waals surface area contributed by atoms with Gasteiger partial charge in [-0.25, -0.2) is 0 Å². The molecule has 0 saturated heterocycles. The van der Waals surface area contributed by atoms with E-state index in [0.717, 1.165) is 16.9 Å². The molecule has 0 bridgehead atoms. The van der Waals surface area contributed by atoms with Gasteiger partial charge in [0.2, 0.25) is 5.91 Å². The van der Waals surface area contributed by atoms with Crippen LogP contribution < -0.4 is 10.1 Å². The molecule has 0 heterocycles. The van der Waals surface area contributed by atoms with E-state index in [9.17, 15) is 4.79 Å². The molecule has 1 N–H and O–H groups in total. The monoisotopic (exact) mass is 383 g/mol. The molecule has 0 aliphatic heterocycles. The third kappa shape index (κ3) is 5.07. The zero-order valence-electron chi connectivity index (χ0n) is 13.5. The molecule has 0 fully saturated rings. The van der Waals surface area contributed by atoms with E-state index in [4.69, 9.17) is 27.9 Å². The van der Waals surface area contributed by atoms with Crippen LogP contribution in [0.5, 0.6) is 5.75 Å². The molecule has 6 heteroatoms. The molecule has 0 aliphatic carbocycles. The Morgan fingerprint density at radius 2 is 1.83 bits per heavy atom. The predicted molar refractivity (Wildman–Crippen MR) is 102 cm³/mol. The van der Waals surface area contributed by atoms with Gasteiger partial charge in [0.1, 0.15) is 5.75 Å². The van der Waals surface area contributed by atoms with Crippen LogP contribution in [0.2, 0.25) is 10.0 Å². The first-order valence-corrected chi connectivity index (χ1v) is 9.37. The second-order valence-corrected chi connectivity index (χ2v) is 7.02. The SMILES string of the molecule is COc1ccccc1[C@@H](C)NC(=O)CSCc1c(Cl)cccc1Cl. The molecule has 3 nitrogen and oxygen atoms in total. The number of thioether (sulfide) groups is 1. The molecule has 0 spiro atoms. The predicted octanol–water partition coefficient (Wildman–Crippen LogP) is 5.11. The van der Waals surface area contributed by atoms with Crippen molar-refractivity contribution >= 4 is 40.9 Å². The zero-order valence-corrected chi connectivity index (χ0v) is 15.8. The lowest BCUT2D eigenvalue weighted by Crippen LogP contribution is -2.28. The Bertz CT molecular complexity index is 689. The standard InChI is InChI=1S/C18H19Cl2NO2S/c1-12(13-6-3-4-9-17(13)23-2)21-18(22)11-24-10-14-15(19)7-5-8-16(14)20/h3-9,12H,10-11H2,1-2H3,(H,21,22)/t12-/m1/s1. The first-order chi connectivity index (χ1) is 11.5. The summed E-state index contributed by atoms with van der Waals surface area (Å²) in [5, 5.41) is 4.23. The number of benzene rings is 2. The minimum atomic E-state index is -0.127. The number of methoxy groups -OCH3 is 1. The van der Waals surface area contributed by atoms with Crippen LogP contribution in [0.15, 0.2) is 42.5 Å². The average Bonchev–Trinajstić information content (AvgIpc) is 2.57. The van der Waals surface area contributed by atoms with Crippen LogP contribution in [-0.2, 0) is 10.5 Å². The summed E-state index contributed by atoms with van der Waals surface area (Å²) >= 11 is 13.7. The number of hydrogen-bond acceptors (Lipinski definition) is 3. The van der Waals surface area contributed by atoms with Crippen LogP contribution in [-0.4, -0.2) is 18.8 Å². The Morgan fingerprint density at radius 1 is 1.17 bits per heavy atom. The second-order valence-electron chi connectivity index (χ2n) is 5.22. The Morgan fingerprint density at radius 3 is 2.50 bits per heavy atom. The van der Waals surface area contributed by atoms with Crippen LogP contribution in [0.1, 0.15) is 24.1 Å². The summed E-state index contributed by atoms with van der Waals surface area (Å²) < 4.78 is 5.33. The summed E-state index contributed by atoms with van der Waals surface area (Å²) in [4.78, 5) is 12.1. The van der Waals surface area contributed by atoms with Gasteiger partial charge >= 0.3 is 0 Å². The topological polar surface area (TPSA) is 38.3 Å². The van der Waals surface area contributed by atoms with Crippen molar-refractivity contribution in [3.63, 3.8) is 0 Å². The maximum absolute atomic E-state index is 12.1. The fourth-order valence-corrected chi connectivity index (χ4v) is 3.88. The van der Waals surface area contributed by atoms with Gasteiger partial charge in [0, 0.05) is 21.4 Å². The molecule has 128 valence electrons. The van der Waals surface area contributed by atoms with E-state index in [1.807, 2.05) is 31.2 Å². The van der Waals surface area contributed by atoms with Gasteiger partial charge in [-0.15, -0.1) is 11.8 Å². The van der Waals surface area contributed by atoms with Crippen molar-refractivity contribution in [1.82, 2.24) is 5.32 Å². The highest BCUT2D eigenvalue weighted by molar-refractivity contribution is 7.99. The van der Waals surface area contributed by atoms with Gasteiger partial charge in [-0.1, -0.05) is 47.5 Å². The van der Waals surface area contributed by atoms with Crippen LogP contribution in [0, 0.1) is 0 Å². The second kappa shape index (κ2) is 9.21. The number of carbonyl (C=O) groups excluding carboxylic acids is 1. The van der Waals surface area contributed by atoms with E-state index in [1.54, 1.807) is 25.3 Å². The molecule has 0 aromatic heterocycles. The Balaban J connectivity index is 1.87. The third-order valence-electron chi connectivity index (χ3n) is 3.52. The first-order valence-electron chi connectivity index (χ1n) is 7.45. The molecule has 0 aliphatic rings. The number of amides is 1. The van der Waals surface area contributed by atoms with E-state index in [0.29, 0.717) is 21.6 Å². The lowest BCUT2D eigenvalue weighted by Gasteiger charge is -2.17. The van der Waals surface area contributed by atoms with Crippen molar-refractivity contribution in [3.05, 3.63) is 63.6 Å². The molecule has 1 amide bonds. The maximum Gasteiger partial charge on any atom is 0.230 e. The molecule has 1 atom stereocenters. The van der Waals surface area contributed by atoms with Crippen molar-refractivity contribution in [3.8, 4) is 5.75 Å². The normalized spacial score (nSPS) is 11.8. The summed E-state index contributed by atoms with van der Waals surface area (Å²) in [5.41, 5.74) is 1.81. The van der Waals surface area contributed by atoms with Gasteiger partial charge in [-0.2, -0.15) is 0 Å². The summed E-state index contributed by atoms with van der Waals surface area (Å²) in [6, 6.07) is 12.9. The van der Waals surface area contributed by atoms with Crippen molar-refractivity contribution in [2.24, 2.45) is 0 Å². The van der Waals surface area contributed by atoms with Gasteiger partial charge in [0.15, 0.2) is 0 Å². The van der Waals surface area contributed by atoms with E-state index in [2.05, 4.69) is 5.32 Å². The van der Waals surface area contributed by atoms with Gasteiger partial charge in [0.05, 0.1) is 18.9 Å². The number of carbonyl (C=O) groups is 1. The van der Waals surface area contributed by atoms with Gasteiger partial charge in [-0.05, 0) is 30.7 Å². The third-order valence-corrected chi connectivity index (χ3v) is 5.19. The number of nitrogens with one attached hydrogen (secondary N) is 1. The number of halogens is 2. The van der Waals surface area contributed by atoms with Crippen molar-refractivity contribution in [1.29, 1.82) is 0 Å². The van der Waals surface area contributed by atoms with E-state index >= 15 is 0 Å². The molecular formula is C18H19Cl2NO2S. The summed E-state index contributed by atoms with van der Waals surface area (Å²) in [6.45, 7) is 1.94. The number of para-hydroxylation sites is 1. The summed E-state index contributed by atoms with van der Waals surface area (Å²) in [7, 11) is 1.62. The Labute approximate surface area is 156 Å². The lowest BCUT2D eigenvalue weighted by molar-refractivity contribution is -0.119. The summed E-state index contributed by atoms with van der Waals surface area (Å²) in [6.07, 6.45) is 0. The number of ether oxygens (including phenoxy) is 1. The zero-order chi connectivity index (χ0) is 17.5. The average molecular weight is 384 g/mol. The van der Waals surface area contributed by atoms with E-state index < -0.39 is 0 Å². The van der Waals surface area contributed by atoms with Gasteiger partial charge in [-0.3, -0.25) is 4.79 Å². The lowest BCUT2D eigenvalue weighted by atomic mass is 10.1. The number of rotatable bonds is 7. The smallest absolute Gasteiger partial charge is 0.230 e. The Kier molecular flexibility index (Phi) is 7.28. The Hall–Kier alpha value is -1.36. The fraction of sp³-hybridized carbons (Fsp3) is 0.278. The molecule has 0 unspecified atom stereocenters. The molecular weight excluding hydrogens is 365 g/mol. The van der Waals surface area contributed by atoms with Crippen LogP contribution in [0.4, 0.5) is 0 Å². The molecule has 24 heavy (non-hydrogen) atoms. The van der Waals surface area contributed by atoms with Crippen molar-refractivity contribution in [2.75, 3.05) is 12.9 Å².